The van der Waals surface area contributed by atoms with E-state index in [0.717, 1.165) is 6.92 Å². The Morgan fingerprint density at radius 1 is 1.18 bits per heavy atom. The van der Waals surface area contributed by atoms with Gasteiger partial charge in [-0.2, -0.15) is 13.2 Å². The van der Waals surface area contributed by atoms with Gasteiger partial charge in [-0.15, -0.1) is 0 Å². The summed E-state index contributed by atoms with van der Waals surface area (Å²) in [5.41, 5.74) is -1.72. The Labute approximate surface area is 94.8 Å². The highest BCUT2D eigenvalue weighted by Gasteiger charge is 2.29. The molecule has 0 fully saturated rings. The molecule has 2 amide bonds. The summed E-state index contributed by atoms with van der Waals surface area (Å²) in [6.45, 7) is -0.825. The number of halogens is 3. The maximum Gasteiger partial charge on any atom is 0.405 e. The first-order valence-electron chi connectivity index (χ1n) is 4.54. The van der Waals surface area contributed by atoms with Gasteiger partial charge in [0.25, 0.3) is 0 Å². The van der Waals surface area contributed by atoms with Crippen molar-refractivity contribution in [2.75, 3.05) is 13.1 Å². The zero-order valence-corrected chi connectivity index (χ0v) is 8.97. The quantitative estimate of drug-likeness (QED) is 0.561. The third kappa shape index (κ3) is 9.42. The summed E-state index contributed by atoms with van der Waals surface area (Å²) in [7, 11) is 0. The van der Waals surface area contributed by atoms with Crippen molar-refractivity contribution in [3.63, 3.8) is 0 Å². The molecule has 1 unspecified atom stereocenters. The fourth-order valence-corrected chi connectivity index (χ4v) is 0.902. The van der Waals surface area contributed by atoms with E-state index in [1.54, 1.807) is 0 Å². The number of nitrogens with one attached hydrogen (secondary N) is 2. The van der Waals surface area contributed by atoms with Crippen LogP contribution < -0.4 is 10.6 Å². The van der Waals surface area contributed by atoms with Crippen molar-refractivity contribution >= 4 is 12.0 Å². The Kier molecular flexibility index (Phi) is 5.20. The molecule has 4 N–H and O–H groups in total. The first-order chi connectivity index (χ1) is 7.52. The Balaban J connectivity index is 3.95. The lowest BCUT2D eigenvalue weighted by molar-refractivity contribution is -0.141. The summed E-state index contributed by atoms with van der Waals surface area (Å²) in [6, 6.07) is -1.13. The summed E-state index contributed by atoms with van der Waals surface area (Å²) in [5.74, 6) is -1.28. The lowest BCUT2D eigenvalue weighted by Gasteiger charge is -2.21. The van der Waals surface area contributed by atoms with Crippen molar-refractivity contribution in [1.82, 2.24) is 10.6 Å². The van der Waals surface area contributed by atoms with Crippen molar-refractivity contribution in [1.29, 1.82) is 0 Å². The van der Waals surface area contributed by atoms with E-state index in [1.165, 1.54) is 5.32 Å². The molecule has 100 valence electrons. The third-order valence-corrected chi connectivity index (χ3v) is 1.61. The lowest BCUT2D eigenvalue weighted by atomic mass is 10.0. The molecule has 1 atom stereocenters. The molecule has 0 heterocycles. The Hall–Kier alpha value is -1.51. The maximum atomic E-state index is 11.7. The predicted octanol–water partition coefficient (Wildman–Crippen LogP) is 0.0736. The highest BCUT2D eigenvalue weighted by atomic mass is 19.4. The number of amides is 2. The Morgan fingerprint density at radius 2 is 1.65 bits per heavy atom. The number of carbonyl (C=O) groups excluding carboxylic acids is 1. The fourth-order valence-electron chi connectivity index (χ4n) is 0.902. The molecule has 0 saturated heterocycles. The van der Waals surface area contributed by atoms with E-state index in [4.69, 9.17) is 5.11 Å². The SMILES string of the molecule is CC(O)(CNC(=O)NCC(F)(F)F)CC(=O)O. The molecule has 17 heavy (non-hydrogen) atoms. The van der Waals surface area contributed by atoms with Crippen LogP contribution in [0.1, 0.15) is 13.3 Å². The monoisotopic (exact) mass is 258 g/mol. The normalized spacial score (nSPS) is 14.9. The molecule has 0 radical (unpaired) electrons. The van der Waals surface area contributed by atoms with Crippen LogP contribution in [0.2, 0.25) is 0 Å². The zero-order chi connectivity index (χ0) is 13.7. The van der Waals surface area contributed by atoms with Gasteiger partial charge in [0.2, 0.25) is 0 Å². The van der Waals surface area contributed by atoms with Crippen LogP contribution in [0, 0.1) is 0 Å². The number of hydrogen-bond acceptors (Lipinski definition) is 3. The number of aliphatic hydroxyl groups is 1. The number of carboxylic acid groups (broad SMARTS) is 1. The van der Waals surface area contributed by atoms with Crippen LogP contribution in [-0.2, 0) is 4.79 Å². The summed E-state index contributed by atoms with van der Waals surface area (Å²) in [5, 5.41) is 21.3. The van der Waals surface area contributed by atoms with E-state index >= 15 is 0 Å². The molecule has 0 aliphatic carbocycles. The zero-order valence-electron chi connectivity index (χ0n) is 8.97. The van der Waals surface area contributed by atoms with E-state index in [1.807, 2.05) is 5.32 Å². The van der Waals surface area contributed by atoms with E-state index in [2.05, 4.69) is 0 Å². The summed E-state index contributed by atoms with van der Waals surface area (Å²) >= 11 is 0. The second kappa shape index (κ2) is 5.71. The minimum atomic E-state index is -4.53. The molecule has 9 heteroatoms. The van der Waals surface area contributed by atoms with Crippen LogP contribution in [-0.4, -0.2) is 47.1 Å². The molecule has 0 aromatic rings. The number of alkyl halides is 3. The van der Waals surface area contributed by atoms with Gasteiger partial charge in [0, 0.05) is 6.54 Å². The molecule has 0 bridgehead atoms. The van der Waals surface area contributed by atoms with Gasteiger partial charge in [-0.1, -0.05) is 0 Å². The van der Waals surface area contributed by atoms with E-state index in [9.17, 15) is 27.9 Å². The number of hydrogen-bond donors (Lipinski definition) is 4. The van der Waals surface area contributed by atoms with Gasteiger partial charge in [0.05, 0.1) is 12.0 Å². The Morgan fingerprint density at radius 3 is 2.06 bits per heavy atom. The molecule has 0 saturated carbocycles. The van der Waals surface area contributed by atoms with E-state index in [-0.39, 0.29) is 0 Å². The number of rotatable bonds is 5. The summed E-state index contributed by atoms with van der Waals surface area (Å²) < 4.78 is 35.1. The molecule has 6 nitrogen and oxygen atoms in total. The first-order valence-corrected chi connectivity index (χ1v) is 4.54. The predicted molar refractivity (Wildman–Crippen MR) is 50.3 cm³/mol. The van der Waals surface area contributed by atoms with Crippen molar-refractivity contribution < 1.29 is 33.0 Å². The standard InChI is InChI=1S/C8H13F3N2O4/c1-7(17,2-5(14)15)3-12-6(16)13-4-8(9,10)11/h17H,2-4H2,1H3,(H,14,15)(H2,12,13,16). The molecule has 0 aromatic heterocycles. The van der Waals surface area contributed by atoms with Gasteiger partial charge in [0.1, 0.15) is 6.54 Å². The highest BCUT2D eigenvalue weighted by molar-refractivity contribution is 5.74. The maximum absolute atomic E-state index is 11.7. The van der Waals surface area contributed by atoms with Crippen molar-refractivity contribution in [2.24, 2.45) is 0 Å². The van der Waals surface area contributed by atoms with Gasteiger partial charge in [0.15, 0.2) is 0 Å². The van der Waals surface area contributed by atoms with Crippen molar-refractivity contribution in [3.05, 3.63) is 0 Å². The number of carboxylic acids is 1. The average molecular weight is 258 g/mol. The first kappa shape index (κ1) is 15.5. The van der Waals surface area contributed by atoms with Gasteiger partial charge < -0.3 is 20.8 Å². The van der Waals surface area contributed by atoms with E-state index < -0.39 is 43.3 Å². The largest absolute Gasteiger partial charge is 0.481 e. The second-order valence-corrected chi connectivity index (χ2v) is 3.72. The molecule has 0 spiro atoms. The number of urea groups is 1. The minimum absolute atomic E-state index is 0.469. The minimum Gasteiger partial charge on any atom is -0.481 e. The third-order valence-electron chi connectivity index (χ3n) is 1.61. The number of carbonyl (C=O) groups is 2. The molecular formula is C8H13F3N2O4. The Bertz CT molecular complexity index is 291. The van der Waals surface area contributed by atoms with Crippen molar-refractivity contribution in [2.45, 2.75) is 25.1 Å². The molecule has 0 aliphatic heterocycles. The number of aliphatic carboxylic acids is 1. The second-order valence-electron chi connectivity index (χ2n) is 3.72. The van der Waals surface area contributed by atoms with Crippen LogP contribution in [0.3, 0.4) is 0 Å². The van der Waals surface area contributed by atoms with E-state index in [0.29, 0.717) is 0 Å². The molecule has 0 aromatic carbocycles. The van der Waals surface area contributed by atoms with Crippen LogP contribution >= 0.6 is 0 Å². The molecule has 0 rings (SSSR count). The summed E-state index contributed by atoms with van der Waals surface area (Å²) in [4.78, 5) is 21.1. The van der Waals surface area contributed by atoms with Crippen LogP contribution in [0.4, 0.5) is 18.0 Å². The fraction of sp³-hybridized carbons (Fsp3) is 0.750. The summed E-state index contributed by atoms with van der Waals surface area (Å²) in [6.07, 6.45) is -5.16. The van der Waals surface area contributed by atoms with Crippen LogP contribution in [0.5, 0.6) is 0 Å². The molecular weight excluding hydrogens is 245 g/mol. The highest BCUT2D eigenvalue weighted by Crippen LogP contribution is 2.12. The van der Waals surface area contributed by atoms with Gasteiger partial charge in [-0.3, -0.25) is 4.79 Å². The van der Waals surface area contributed by atoms with Gasteiger partial charge in [-0.05, 0) is 6.92 Å². The average Bonchev–Trinajstić information content (AvgIpc) is 2.08. The van der Waals surface area contributed by atoms with Gasteiger partial charge >= 0.3 is 18.2 Å². The van der Waals surface area contributed by atoms with Gasteiger partial charge in [-0.25, -0.2) is 4.79 Å². The molecule has 0 aliphatic rings. The lowest BCUT2D eigenvalue weighted by Crippen LogP contribution is -2.47. The van der Waals surface area contributed by atoms with Crippen LogP contribution in [0.25, 0.3) is 0 Å². The van der Waals surface area contributed by atoms with Crippen molar-refractivity contribution in [3.8, 4) is 0 Å². The smallest absolute Gasteiger partial charge is 0.405 e. The topological polar surface area (TPSA) is 98.7 Å². The van der Waals surface area contributed by atoms with Crippen LogP contribution in [0.15, 0.2) is 0 Å².